The van der Waals surface area contributed by atoms with Crippen LogP contribution in [0.2, 0.25) is 0 Å². The summed E-state index contributed by atoms with van der Waals surface area (Å²) in [5.74, 6) is -0.977. The lowest BCUT2D eigenvalue weighted by Crippen LogP contribution is -2.34. The van der Waals surface area contributed by atoms with Crippen molar-refractivity contribution in [3.8, 4) is 5.75 Å². The van der Waals surface area contributed by atoms with E-state index in [-0.39, 0.29) is 24.7 Å². The Morgan fingerprint density at radius 2 is 2.14 bits per heavy atom. The molecule has 5 nitrogen and oxygen atoms in total. The topological polar surface area (TPSA) is 75.6 Å². The van der Waals surface area contributed by atoms with Gasteiger partial charge in [-0.05, 0) is 31.4 Å². The van der Waals surface area contributed by atoms with E-state index >= 15 is 0 Å². The molecule has 0 aromatic heterocycles. The molecule has 1 aliphatic carbocycles. The van der Waals surface area contributed by atoms with E-state index in [2.05, 4.69) is 5.32 Å². The Morgan fingerprint density at radius 1 is 1.38 bits per heavy atom. The van der Waals surface area contributed by atoms with Crippen molar-refractivity contribution in [3.05, 3.63) is 30.1 Å². The molecule has 0 bridgehead atoms. The van der Waals surface area contributed by atoms with Gasteiger partial charge < -0.3 is 15.2 Å². The summed E-state index contributed by atoms with van der Waals surface area (Å²) in [4.78, 5) is 22.5. The Hall–Kier alpha value is -2.11. The number of carbonyl (C=O) groups is 2. The van der Waals surface area contributed by atoms with Crippen LogP contribution in [0.15, 0.2) is 24.3 Å². The van der Waals surface area contributed by atoms with Gasteiger partial charge in [0.25, 0.3) is 0 Å². The van der Waals surface area contributed by atoms with Gasteiger partial charge in [-0.2, -0.15) is 0 Å². The van der Waals surface area contributed by atoms with Crippen LogP contribution in [-0.4, -0.2) is 30.1 Å². The maximum Gasteiger partial charge on any atom is 0.311 e. The predicted molar refractivity (Wildman–Crippen MR) is 73.4 cm³/mol. The van der Waals surface area contributed by atoms with Gasteiger partial charge in [0, 0.05) is 19.0 Å². The van der Waals surface area contributed by atoms with Gasteiger partial charge in [-0.1, -0.05) is 6.07 Å². The van der Waals surface area contributed by atoms with Gasteiger partial charge in [0.05, 0.1) is 12.0 Å². The number of rotatable bonds is 8. The lowest BCUT2D eigenvalue weighted by Gasteiger charge is -2.11. The molecule has 1 saturated carbocycles. The van der Waals surface area contributed by atoms with Gasteiger partial charge in [0.15, 0.2) is 0 Å². The molecule has 1 aromatic rings. The van der Waals surface area contributed by atoms with Crippen LogP contribution in [0.3, 0.4) is 0 Å². The molecule has 21 heavy (non-hydrogen) atoms. The molecule has 0 aliphatic heterocycles. The number of aliphatic carboxylic acids is 1. The number of ether oxygens (including phenoxy) is 1. The Morgan fingerprint density at radius 3 is 2.76 bits per heavy atom. The molecule has 2 rings (SSSR count). The largest absolute Gasteiger partial charge is 0.493 e. The third-order valence-electron chi connectivity index (χ3n) is 3.54. The van der Waals surface area contributed by atoms with Crippen molar-refractivity contribution in [1.29, 1.82) is 0 Å². The van der Waals surface area contributed by atoms with E-state index in [4.69, 9.17) is 9.84 Å². The number of halogens is 1. The van der Waals surface area contributed by atoms with Gasteiger partial charge in [0.1, 0.15) is 11.6 Å². The average molecular weight is 295 g/mol. The molecule has 0 spiro atoms. The summed E-state index contributed by atoms with van der Waals surface area (Å²) < 4.78 is 18.2. The number of carbonyl (C=O) groups excluding carboxylic acids is 1. The number of amides is 1. The summed E-state index contributed by atoms with van der Waals surface area (Å²) >= 11 is 0. The van der Waals surface area contributed by atoms with Crippen molar-refractivity contribution in [3.63, 3.8) is 0 Å². The summed E-state index contributed by atoms with van der Waals surface area (Å²) in [7, 11) is 0. The number of benzene rings is 1. The van der Waals surface area contributed by atoms with Crippen molar-refractivity contribution >= 4 is 11.9 Å². The van der Waals surface area contributed by atoms with Crippen molar-refractivity contribution < 1.29 is 23.8 Å². The third kappa shape index (κ3) is 4.44. The number of hydrogen-bond donors (Lipinski definition) is 2. The van der Waals surface area contributed by atoms with E-state index in [1.807, 2.05) is 0 Å². The van der Waals surface area contributed by atoms with Crippen LogP contribution in [0.4, 0.5) is 4.39 Å². The predicted octanol–water partition coefficient (Wildman–Crippen LogP) is 1.97. The lowest BCUT2D eigenvalue weighted by atomic mass is 10.1. The highest BCUT2D eigenvalue weighted by Crippen LogP contribution is 2.45. The highest BCUT2D eigenvalue weighted by atomic mass is 19.1. The van der Waals surface area contributed by atoms with Crippen LogP contribution in [0.1, 0.15) is 25.7 Å². The maximum atomic E-state index is 12.9. The molecule has 0 radical (unpaired) electrons. The normalized spacial score (nSPS) is 15.3. The first kappa shape index (κ1) is 15.3. The second kappa shape index (κ2) is 6.56. The SMILES string of the molecule is O=C(CCCOc1cccc(F)c1)NCC1(C(=O)O)CC1. The zero-order valence-electron chi connectivity index (χ0n) is 11.6. The van der Waals surface area contributed by atoms with Crippen LogP contribution in [0.25, 0.3) is 0 Å². The molecule has 0 heterocycles. The van der Waals surface area contributed by atoms with E-state index in [0.29, 0.717) is 31.6 Å². The van der Waals surface area contributed by atoms with E-state index in [1.54, 1.807) is 12.1 Å². The smallest absolute Gasteiger partial charge is 0.311 e. The van der Waals surface area contributed by atoms with Crippen LogP contribution in [0, 0.1) is 11.2 Å². The lowest BCUT2D eigenvalue weighted by molar-refractivity contribution is -0.143. The van der Waals surface area contributed by atoms with E-state index in [1.165, 1.54) is 12.1 Å². The second-order valence-electron chi connectivity index (χ2n) is 5.27. The van der Waals surface area contributed by atoms with Crippen molar-refractivity contribution in [2.75, 3.05) is 13.2 Å². The fraction of sp³-hybridized carbons (Fsp3) is 0.467. The Bertz CT molecular complexity index is 528. The molecule has 1 aromatic carbocycles. The molecule has 0 saturated heterocycles. The van der Waals surface area contributed by atoms with Gasteiger partial charge in [-0.25, -0.2) is 4.39 Å². The van der Waals surface area contributed by atoms with Gasteiger partial charge >= 0.3 is 5.97 Å². The van der Waals surface area contributed by atoms with Crippen LogP contribution < -0.4 is 10.1 Å². The number of nitrogens with one attached hydrogen (secondary N) is 1. The Labute approximate surface area is 122 Å². The average Bonchev–Trinajstić information content (AvgIpc) is 3.23. The maximum absolute atomic E-state index is 12.9. The summed E-state index contributed by atoms with van der Waals surface area (Å²) in [6.07, 6.45) is 1.98. The van der Waals surface area contributed by atoms with Crippen molar-refractivity contribution in [1.82, 2.24) is 5.32 Å². The van der Waals surface area contributed by atoms with Crippen LogP contribution in [0.5, 0.6) is 5.75 Å². The molecular weight excluding hydrogens is 277 g/mol. The number of carboxylic acids is 1. The summed E-state index contributed by atoms with van der Waals surface area (Å²) in [5.41, 5.74) is -0.742. The summed E-state index contributed by atoms with van der Waals surface area (Å²) in [6.45, 7) is 0.493. The first-order chi connectivity index (χ1) is 10.0. The highest BCUT2D eigenvalue weighted by molar-refractivity contribution is 5.80. The Kier molecular flexibility index (Phi) is 4.77. The van der Waals surface area contributed by atoms with Crippen LogP contribution in [-0.2, 0) is 9.59 Å². The third-order valence-corrected chi connectivity index (χ3v) is 3.54. The fourth-order valence-corrected chi connectivity index (χ4v) is 1.95. The van der Waals surface area contributed by atoms with Crippen molar-refractivity contribution in [2.24, 2.45) is 5.41 Å². The summed E-state index contributed by atoms with van der Waals surface area (Å²) in [5, 5.41) is 11.6. The number of hydrogen-bond acceptors (Lipinski definition) is 3. The molecular formula is C15H18FNO4. The zero-order valence-corrected chi connectivity index (χ0v) is 11.6. The first-order valence-corrected chi connectivity index (χ1v) is 6.90. The molecule has 114 valence electrons. The van der Waals surface area contributed by atoms with Gasteiger partial charge in [0.2, 0.25) is 5.91 Å². The minimum atomic E-state index is -0.850. The van der Waals surface area contributed by atoms with E-state index < -0.39 is 11.4 Å². The molecule has 0 unspecified atom stereocenters. The monoisotopic (exact) mass is 295 g/mol. The van der Waals surface area contributed by atoms with Crippen LogP contribution >= 0.6 is 0 Å². The minimum absolute atomic E-state index is 0.186. The minimum Gasteiger partial charge on any atom is -0.493 e. The Balaban J connectivity index is 1.60. The molecule has 6 heteroatoms. The molecule has 1 aliphatic rings. The fourth-order valence-electron chi connectivity index (χ4n) is 1.95. The summed E-state index contributed by atoms with van der Waals surface area (Å²) in [6, 6.07) is 5.81. The zero-order chi connectivity index (χ0) is 15.3. The standard InChI is InChI=1S/C15H18FNO4/c16-11-3-1-4-12(9-11)21-8-2-5-13(18)17-10-15(6-7-15)14(19)20/h1,3-4,9H,2,5-8,10H2,(H,17,18)(H,19,20). The molecule has 1 fully saturated rings. The number of carboxylic acid groups (broad SMARTS) is 1. The van der Waals surface area contributed by atoms with Crippen molar-refractivity contribution in [2.45, 2.75) is 25.7 Å². The van der Waals surface area contributed by atoms with Gasteiger partial charge in [-0.15, -0.1) is 0 Å². The highest BCUT2D eigenvalue weighted by Gasteiger charge is 2.50. The molecule has 0 atom stereocenters. The van der Waals surface area contributed by atoms with E-state index in [0.717, 1.165) is 0 Å². The van der Waals surface area contributed by atoms with Gasteiger partial charge in [-0.3, -0.25) is 9.59 Å². The molecule has 2 N–H and O–H groups in total. The second-order valence-corrected chi connectivity index (χ2v) is 5.27. The van der Waals surface area contributed by atoms with E-state index in [9.17, 15) is 14.0 Å². The molecule has 1 amide bonds. The first-order valence-electron chi connectivity index (χ1n) is 6.90. The quantitative estimate of drug-likeness (QED) is 0.719.